The van der Waals surface area contributed by atoms with Crippen LogP contribution in [0.15, 0.2) is 85.2 Å². The molecule has 1 saturated carbocycles. The number of benzene rings is 2. The van der Waals surface area contributed by atoms with Crippen molar-refractivity contribution in [2.75, 3.05) is 26.2 Å². The van der Waals surface area contributed by atoms with Gasteiger partial charge >= 0.3 is 0 Å². The number of carbonyl (C=O) groups is 1. The molecule has 3 aliphatic rings. The first kappa shape index (κ1) is 20.6. The molecule has 6 rings (SSSR count). The molecule has 168 valence electrons. The fourth-order valence-corrected chi connectivity index (χ4v) is 6.15. The second-order valence-corrected chi connectivity index (χ2v) is 10.1. The Morgan fingerprint density at radius 2 is 1.64 bits per heavy atom. The van der Waals surface area contributed by atoms with Crippen LogP contribution in [0.4, 0.5) is 0 Å². The van der Waals surface area contributed by atoms with Crippen LogP contribution in [0.1, 0.15) is 47.9 Å². The van der Waals surface area contributed by atoms with Crippen molar-refractivity contribution < 1.29 is 4.79 Å². The molecular formula is C29H31N3O. The Hall–Kier alpha value is -2.98. The zero-order valence-corrected chi connectivity index (χ0v) is 19.0. The summed E-state index contributed by atoms with van der Waals surface area (Å²) in [6.07, 6.45) is 7.30. The lowest BCUT2D eigenvalue weighted by Crippen LogP contribution is -2.40. The third kappa shape index (κ3) is 3.76. The Bertz CT molecular complexity index is 1060. The van der Waals surface area contributed by atoms with E-state index in [-0.39, 0.29) is 17.4 Å². The molecule has 4 nitrogen and oxygen atoms in total. The molecule has 0 radical (unpaired) electrons. The van der Waals surface area contributed by atoms with E-state index in [4.69, 9.17) is 0 Å². The van der Waals surface area contributed by atoms with Crippen molar-refractivity contribution in [3.8, 4) is 0 Å². The first-order valence-corrected chi connectivity index (χ1v) is 12.3. The van der Waals surface area contributed by atoms with E-state index < -0.39 is 0 Å². The lowest BCUT2D eigenvalue weighted by Gasteiger charge is -2.31. The number of aromatic nitrogens is 1. The molecule has 1 aromatic heterocycles. The highest BCUT2D eigenvalue weighted by Crippen LogP contribution is 2.52. The largest absolute Gasteiger partial charge is 0.342 e. The van der Waals surface area contributed by atoms with Gasteiger partial charge in [-0.3, -0.25) is 14.7 Å². The molecule has 2 saturated heterocycles. The van der Waals surface area contributed by atoms with Gasteiger partial charge in [0, 0.05) is 44.5 Å². The summed E-state index contributed by atoms with van der Waals surface area (Å²) in [7, 11) is 0. The highest BCUT2D eigenvalue weighted by atomic mass is 16.2. The maximum absolute atomic E-state index is 14.0. The molecule has 3 heterocycles. The maximum Gasteiger partial charge on any atom is 0.230 e. The fourth-order valence-electron chi connectivity index (χ4n) is 6.15. The minimum Gasteiger partial charge on any atom is -0.342 e. The average molecular weight is 438 g/mol. The Balaban J connectivity index is 1.40. The highest BCUT2D eigenvalue weighted by Gasteiger charge is 2.58. The van der Waals surface area contributed by atoms with Crippen LogP contribution in [0.5, 0.6) is 0 Å². The molecular weight excluding hydrogens is 406 g/mol. The molecule has 1 amide bonds. The first-order valence-electron chi connectivity index (χ1n) is 12.3. The lowest BCUT2D eigenvalue weighted by molar-refractivity contribution is -0.136. The van der Waals surface area contributed by atoms with Crippen LogP contribution in [0.2, 0.25) is 0 Å². The van der Waals surface area contributed by atoms with Gasteiger partial charge in [0.25, 0.3) is 0 Å². The maximum atomic E-state index is 14.0. The van der Waals surface area contributed by atoms with E-state index in [0.29, 0.717) is 5.91 Å². The third-order valence-corrected chi connectivity index (χ3v) is 7.97. The van der Waals surface area contributed by atoms with Crippen LogP contribution in [0, 0.1) is 11.3 Å². The third-order valence-electron chi connectivity index (χ3n) is 7.97. The molecule has 3 fully saturated rings. The summed E-state index contributed by atoms with van der Waals surface area (Å²) in [5.74, 6) is 1.25. The lowest BCUT2D eigenvalue weighted by atomic mass is 9.73. The number of carbonyl (C=O) groups excluding carboxylic acids is 1. The van der Waals surface area contributed by atoms with E-state index in [9.17, 15) is 4.79 Å². The molecule has 0 N–H and O–H groups in total. The standard InChI is InChI=1S/C29H31N3O/c33-28-29(15-17-31(28)19-22-13-14-22)21-32(20-26(29)25-12-7-16-30-18-25)27(23-8-3-1-4-9-23)24-10-5-2-6-11-24/h1-12,16,18,22,26-27H,13-15,17,19-21H2/t26-,29+/m0/s1. The van der Waals surface area contributed by atoms with Crippen molar-refractivity contribution >= 4 is 5.91 Å². The van der Waals surface area contributed by atoms with Gasteiger partial charge in [-0.25, -0.2) is 0 Å². The molecule has 2 aromatic carbocycles. The Morgan fingerprint density at radius 3 is 2.24 bits per heavy atom. The average Bonchev–Trinajstić information content (AvgIpc) is 3.54. The predicted molar refractivity (Wildman–Crippen MR) is 130 cm³/mol. The molecule has 1 aliphatic carbocycles. The Kier molecular flexibility index (Phi) is 5.26. The summed E-state index contributed by atoms with van der Waals surface area (Å²) in [6.45, 7) is 3.49. The van der Waals surface area contributed by atoms with Crippen LogP contribution in [-0.2, 0) is 4.79 Å². The van der Waals surface area contributed by atoms with E-state index in [0.717, 1.165) is 38.5 Å². The smallest absolute Gasteiger partial charge is 0.230 e. The number of amides is 1. The van der Waals surface area contributed by atoms with Crippen LogP contribution in [0.25, 0.3) is 0 Å². The van der Waals surface area contributed by atoms with Crippen molar-refractivity contribution in [3.63, 3.8) is 0 Å². The molecule has 1 spiro atoms. The summed E-state index contributed by atoms with van der Waals surface area (Å²) in [6, 6.07) is 25.8. The van der Waals surface area contributed by atoms with Gasteiger partial charge in [0.1, 0.15) is 0 Å². The summed E-state index contributed by atoms with van der Waals surface area (Å²) in [4.78, 5) is 23.2. The SMILES string of the molecule is O=C1N(CC2CC2)CC[C@]12CN(C(c1ccccc1)c1ccccc1)C[C@H]2c1cccnc1. The summed E-state index contributed by atoms with van der Waals surface area (Å²) >= 11 is 0. The second-order valence-electron chi connectivity index (χ2n) is 10.1. The zero-order chi connectivity index (χ0) is 22.3. The van der Waals surface area contributed by atoms with Gasteiger partial charge in [-0.15, -0.1) is 0 Å². The molecule has 2 atom stereocenters. The topological polar surface area (TPSA) is 36.4 Å². The van der Waals surface area contributed by atoms with Crippen LogP contribution in [0.3, 0.4) is 0 Å². The van der Waals surface area contributed by atoms with Gasteiger partial charge < -0.3 is 4.90 Å². The van der Waals surface area contributed by atoms with Gasteiger partial charge in [0.2, 0.25) is 5.91 Å². The van der Waals surface area contributed by atoms with Crippen molar-refractivity contribution in [2.24, 2.45) is 11.3 Å². The van der Waals surface area contributed by atoms with E-state index in [1.807, 2.05) is 18.5 Å². The Labute approximate surface area is 196 Å². The van der Waals surface area contributed by atoms with E-state index in [2.05, 4.69) is 81.5 Å². The molecule has 33 heavy (non-hydrogen) atoms. The number of likely N-dealkylation sites (tertiary alicyclic amines) is 2. The van der Waals surface area contributed by atoms with E-state index in [1.165, 1.54) is 29.5 Å². The van der Waals surface area contributed by atoms with Crippen molar-refractivity contribution in [3.05, 3.63) is 102 Å². The molecule has 2 aliphatic heterocycles. The minimum atomic E-state index is -0.361. The fraction of sp³-hybridized carbons (Fsp3) is 0.379. The number of hydrogen-bond acceptors (Lipinski definition) is 3. The van der Waals surface area contributed by atoms with Crippen molar-refractivity contribution in [2.45, 2.75) is 31.2 Å². The van der Waals surface area contributed by atoms with Crippen molar-refractivity contribution in [1.82, 2.24) is 14.8 Å². The summed E-state index contributed by atoms with van der Waals surface area (Å²) in [5, 5.41) is 0. The first-order chi connectivity index (χ1) is 16.2. The number of rotatable bonds is 6. The van der Waals surface area contributed by atoms with Gasteiger partial charge in [-0.2, -0.15) is 0 Å². The monoisotopic (exact) mass is 437 g/mol. The van der Waals surface area contributed by atoms with Gasteiger partial charge in [-0.05, 0) is 47.9 Å². The molecule has 3 aromatic rings. The summed E-state index contributed by atoms with van der Waals surface area (Å²) in [5.41, 5.74) is 3.40. The van der Waals surface area contributed by atoms with Crippen molar-refractivity contribution in [1.29, 1.82) is 0 Å². The number of hydrogen-bond donors (Lipinski definition) is 0. The van der Waals surface area contributed by atoms with Gasteiger partial charge in [-0.1, -0.05) is 66.7 Å². The zero-order valence-electron chi connectivity index (χ0n) is 19.0. The minimum absolute atomic E-state index is 0.135. The van der Waals surface area contributed by atoms with Crippen LogP contribution >= 0.6 is 0 Å². The summed E-state index contributed by atoms with van der Waals surface area (Å²) < 4.78 is 0. The second kappa shape index (κ2) is 8.42. The van der Waals surface area contributed by atoms with E-state index in [1.54, 1.807) is 0 Å². The molecule has 0 unspecified atom stereocenters. The number of pyridine rings is 1. The van der Waals surface area contributed by atoms with Crippen LogP contribution in [-0.4, -0.2) is 46.9 Å². The van der Waals surface area contributed by atoms with Gasteiger partial charge in [0.05, 0.1) is 11.5 Å². The quantitative estimate of drug-likeness (QED) is 0.550. The predicted octanol–water partition coefficient (Wildman–Crippen LogP) is 4.90. The van der Waals surface area contributed by atoms with Crippen LogP contribution < -0.4 is 0 Å². The normalized spacial score (nSPS) is 25.4. The molecule has 0 bridgehead atoms. The van der Waals surface area contributed by atoms with E-state index >= 15 is 0 Å². The highest BCUT2D eigenvalue weighted by molar-refractivity contribution is 5.87. The Morgan fingerprint density at radius 1 is 0.939 bits per heavy atom. The van der Waals surface area contributed by atoms with Gasteiger partial charge in [0.15, 0.2) is 0 Å². The molecule has 4 heteroatoms. The number of nitrogens with zero attached hydrogens (tertiary/aromatic N) is 3.